The molecule has 72 valence electrons. The maximum absolute atomic E-state index is 10.7. The number of halogens is 1. The van der Waals surface area contributed by atoms with Gasteiger partial charge in [0.05, 0.1) is 0 Å². The van der Waals surface area contributed by atoms with Crippen molar-refractivity contribution in [2.45, 2.75) is 6.73 Å². The number of hydrogen-bond donors (Lipinski definition) is 1. The first-order valence-electron chi connectivity index (χ1n) is 3.52. The fraction of sp³-hybridized carbons (Fsp3) is 0.250. The Labute approximate surface area is 82.7 Å². The Hall–Kier alpha value is -1.13. The van der Waals surface area contributed by atoms with Crippen molar-refractivity contribution in [3.8, 4) is 0 Å². The molecule has 0 spiro atoms. The first-order chi connectivity index (χ1) is 5.74. The Kier molecular flexibility index (Phi) is 5.03. The Bertz CT molecular complexity index is 291. The van der Waals surface area contributed by atoms with Crippen molar-refractivity contribution in [1.29, 1.82) is 0 Å². The molecule has 0 saturated carbocycles. The minimum atomic E-state index is -0.430. The van der Waals surface area contributed by atoms with Gasteiger partial charge < -0.3 is 22.9 Å². The fourth-order valence-electron chi connectivity index (χ4n) is 0.897. The molecule has 0 aliphatic rings. The first kappa shape index (κ1) is 11.9. The quantitative estimate of drug-likeness (QED) is 0.522. The highest BCUT2D eigenvalue weighted by Crippen LogP contribution is 1.91. The number of pyridine rings is 1. The summed E-state index contributed by atoms with van der Waals surface area (Å²) in [5.41, 5.74) is 5.57. The average molecular weight is 203 g/mol. The van der Waals surface area contributed by atoms with Gasteiger partial charge in [-0.3, -0.25) is 4.79 Å². The van der Waals surface area contributed by atoms with Gasteiger partial charge in [0, 0.05) is 13.2 Å². The number of carbonyl (C=O) groups is 1. The zero-order chi connectivity index (χ0) is 8.97. The maximum Gasteiger partial charge on any atom is 0.254 e. The molecule has 1 rings (SSSR count). The minimum Gasteiger partial charge on any atom is -1.00 e. The third-order valence-corrected chi connectivity index (χ3v) is 1.42. The first-order valence-corrected chi connectivity index (χ1v) is 3.52. The number of rotatable bonds is 3. The van der Waals surface area contributed by atoms with E-state index in [1.807, 2.05) is 0 Å². The summed E-state index contributed by atoms with van der Waals surface area (Å²) < 4.78 is 6.61. The molecule has 4 nitrogen and oxygen atoms in total. The molecule has 0 radical (unpaired) electrons. The molecular formula is C8H11ClN2O2. The van der Waals surface area contributed by atoms with Crippen molar-refractivity contribution in [2.75, 3.05) is 7.11 Å². The van der Waals surface area contributed by atoms with Crippen LogP contribution in [0.4, 0.5) is 0 Å². The maximum atomic E-state index is 10.7. The van der Waals surface area contributed by atoms with Gasteiger partial charge in [-0.05, 0) is 6.07 Å². The standard InChI is InChI=1S/C8H10N2O2.ClH/c1-12-6-10-4-2-3-7(5-10)8(9)11;/h2-5H,6H2,1H3,(H-,9,11);1H. The van der Waals surface area contributed by atoms with Gasteiger partial charge in [-0.2, -0.15) is 4.57 Å². The highest BCUT2D eigenvalue weighted by molar-refractivity contribution is 5.92. The van der Waals surface area contributed by atoms with E-state index in [4.69, 9.17) is 10.5 Å². The van der Waals surface area contributed by atoms with Gasteiger partial charge in [0.2, 0.25) is 0 Å². The zero-order valence-corrected chi connectivity index (χ0v) is 7.99. The van der Waals surface area contributed by atoms with Crippen LogP contribution in [0.1, 0.15) is 10.4 Å². The normalized spacial score (nSPS) is 9.00. The molecule has 0 aromatic carbocycles. The molecule has 2 N–H and O–H groups in total. The number of aromatic nitrogens is 1. The third-order valence-electron chi connectivity index (χ3n) is 1.42. The lowest BCUT2D eigenvalue weighted by atomic mass is 10.3. The zero-order valence-electron chi connectivity index (χ0n) is 7.24. The van der Waals surface area contributed by atoms with E-state index < -0.39 is 5.91 Å². The molecule has 0 saturated heterocycles. The fourth-order valence-corrected chi connectivity index (χ4v) is 0.897. The van der Waals surface area contributed by atoms with Crippen LogP contribution < -0.4 is 22.7 Å². The Morgan fingerprint density at radius 2 is 2.38 bits per heavy atom. The van der Waals surface area contributed by atoms with E-state index in [1.54, 1.807) is 36.2 Å². The average Bonchev–Trinajstić information content (AvgIpc) is 2.05. The van der Waals surface area contributed by atoms with Crippen molar-refractivity contribution in [3.05, 3.63) is 30.1 Å². The summed E-state index contributed by atoms with van der Waals surface area (Å²) in [6.07, 6.45) is 3.45. The summed E-state index contributed by atoms with van der Waals surface area (Å²) in [7, 11) is 1.59. The largest absolute Gasteiger partial charge is 1.00 e. The van der Waals surface area contributed by atoms with Crippen LogP contribution in [0.2, 0.25) is 0 Å². The monoisotopic (exact) mass is 202 g/mol. The predicted molar refractivity (Wildman–Crippen MR) is 42.2 cm³/mol. The van der Waals surface area contributed by atoms with Crippen LogP contribution in [0.15, 0.2) is 24.5 Å². The summed E-state index contributed by atoms with van der Waals surface area (Å²) in [6.45, 7) is 0.418. The number of primary amides is 1. The lowest BCUT2D eigenvalue weighted by molar-refractivity contribution is -0.731. The number of nitrogens with two attached hydrogens (primary N) is 1. The minimum absolute atomic E-state index is 0. The van der Waals surface area contributed by atoms with Crippen LogP contribution in [0.5, 0.6) is 0 Å². The number of carbonyl (C=O) groups excluding carboxylic acids is 1. The SMILES string of the molecule is COC[n+]1cccc(C(N)=O)c1.[Cl-]. The molecule has 1 aromatic rings. The highest BCUT2D eigenvalue weighted by atomic mass is 35.5. The molecule has 5 heteroatoms. The van der Waals surface area contributed by atoms with Crippen LogP contribution in [0, 0.1) is 0 Å². The molecule has 0 unspecified atom stereocenters. The van der Waals surface area contributed by atoms with Gasteiger partial charge in [-0.25, -0.2) is 0 Å². The summed E-state index contributed by atoms with van der Waals surface area (Å²) >= 11 is 0. The van der Waals surface area contributed by atoms with Gasteiger partial charge in [-0.15, -0.1) is 0 Å². The summed E-state index contributed by atoms with van der Waals surface area (Å²) in [5.74, 6) is -0.430. The number of methoxy groups -OCH3 is 1. The number of amides is 1. The van der Waals surface area contributed by atoms with Crippen molar-refractivity contribution in [3.63, 3.8) is 0 Å². The lowest BCUT2D eigenvalue weighted by Gasteiger charge is -1.95. The lowest BCUT2D eigenvalue weighted by Crippen LogP contribution is -3.00. The second kappa shape index (κ2) is 5.50. The van der Waals surface area contributed by atoms with Crippen molar-refractivity contribution in [1.82, 2.24) is 0 Å². The molecule has 0 atom stereocenters. The van der Waals surface area contributed by atoms with Crippen molar-refractivity contribution in [2.24, 2.45) is 5.73 Å². The number of nitrogens with zero attached hydrogens (tertiary/aromatic N) is 1. The van der Waals surface area contributed by atoms with E-state index in [9.17, 15) is 4.79 Å². The molecule has 1 aromatic heterocycles. The molecular weight excluding hydrogens is 192 g/mol. The van der Waals surface area contributed by atoms with Gasteiger partial charge in [0.1, 0.15) is 5.56 Å². The van der Waals surface area contributed by atoms with Crippen molar-refractivity contribution < 1.29 is 26.5 Å². The van der Waals surface area contributed by atoms with Gasteiger partial charge in [-0.1, -0.05) is 0 Å². The van der Waals surface area contributed by atoms with Gasteiger partial charge in [0.25, 0.3) is 12.6 Å². The van der Waals surface area contributed by atoms with E-state index in [2.05, 4.69) is 0 Å². The molecule has 1 amide bonds. The van der Waals surface area contributed by atoms with Crippen LogP contribution in [0.3, 0.4) is 0 Å². The Morgan fingerprint density at radius 3 is 2.92 bits per heavy atom. The number of ether oxygens (including phenoxy) is 1. The Morgan fingerprint density at radius 1 is 1.69 bits per heavy atom. The van der Waals surface area contributed by atoms with Crippen LogP contribution >= 0.6 is 0 Å². The van der Waals surface area contributed by atoms with Crippen molar-refractivity contribution >= 4 is 5.91 Å². The summed E-state index contributed by atoms with van der Waals surface area (Å²) in [6, 6.07) is 3.41. The topological polar surface area (TPSA) is 56.2 Å². The van der Waals surface area contributed by atoms with E-state index in [-0.39, 0.29) is 12.4 Å². The smallest absolute Gasteiger partial charge is 0.254 e. The third kappa shape index (κ3) is 3.40. The van der Waals surface area contributed by atoms with E-state index >= 15 is 0 Å². The van der Waals surface area contributed by atoms with E-state index in [1.165, 1.54) is 0 Å². The summed E-state index contributed by atoms with van der Waals surface area (Å²) in [4.78, 5) is 10.7. The second-order valence-electron chi connectivity index (χ2n) is 2.39. The van der Waals surface area contributed by atoms with Crippen LogP contribution in [-0.2, 0) is 11.5 Å². The van der Waals surface area contributed by atoms with Gasteiger partial charge in [0.15, 0.2) is 12.4 Å². The predicted octanol–water partition coefficient (Wildman–Crippen LogP) is -3.32. The molecule has 0 aliphatic carbocycles. The van der Waals surface area contributed by atoms with E-state index in [0.29, 0.717) is 12.3 Å². The molecule has 0 aliphatic heterocycles. The van der Waals surface area contributed by atoms with Crippen LogP contribution in [0.25, 0.3) is 0 Å². The number of hydrogen-bond acceptors (Lipinski definition) is 2. The summed E-state index contributed by atoms with van der Waals surface area (Å²) in [5, 5.41) is 0. The van der Waals surface area contributed by atoms with Crippen LogP contribution in [-0.4, -0.2) is 13.0 Å². The second-order valence-corrected chi connectivity index (χ2v) is 2.39. The van der Waals surface area contributed by atoms with E-state index in [0.717, 1.165) is 0 Å². The molecule has 1 heterocycles. The molecule has 0 bridgehead atoms. The van der Waals surface area contributed by atoms with Gasteiger partial charge >= 0.3 is 0 Å². The highest BCUT2D eigenvalue weighted by Gasteiger charge is 2.05. The molecule has 0 fully saturated rings. The Balaban J connectivity index is 0.00000144. The molecule has 13 heavy (non-hydrogen) atoms.